The molecule has 0 aliphatic heterocycles. The van der Waals surface area contributed by atoms with Gasteiger partial charge in [-0.25, -0.2) is 8.78 Å². The van der Waals surface area contributed by atoms with Crippen LogP contribution in [0.25, 0.3) is 10.9 Å². The van der Waals surface area contributed by atoms with Gasteiger partial charge in [0.2, 0.25) is 0 Å². The van der Waals surface area contributed by atoms with Gasteiger partial charge in [-0.05, 0) is 24.3 Å². The number of rotatable bonds is 2. The number of nitrogens with one attached hydrogen (secondary N) is 1. The Balaban J connectivity index is 2.14. The molecule has 0 aliphatic carbocycles. The molecule has 3 aromatic rings. The van der Waals surface area contributed by atoms with Crippen molar-refractivity contribution >= 4 is 28.0 Å². The predicted octanol–water partition coefficient (Wildman–Crippen LogP) is 3.84. The Bertz CT molecular complexity index is 767. The molecule has 0 spiro atoms. The highest BCUT2D eigenvalue weighted by atomic mass is 19.1. The van der Waals surface area contributed by atoms with E-state index in [-0.39, 0.29) is 5.69 Å². The molecule has 3 N–H and O–H groups in total. The van der Waals surface area contributed by atoms with E-state index in [1.54, 1.807) is 30.5 Å². The molecular formula is C15H11F2N3. The lowest BCUT2D eigenvalue weighted by Gasteiger charge is -2.11. The number of aromatic nitrogens is 1. The van der Waals surface area contributed by atoms with Gasteiger partial charge in [-0.15, -0.1) is 0 Å². The molecule has 0 aliphatic rings. The molecule has 2 aromatic carbocycles. The van der Waals surface area contributed by atoms with Crippen LogP contribution in [0.5, 0.6) is 0 Å². The second-order valence-electron chi connectivity index (χ2n) is 4.32. The fraction of sp³-hybridized carbons (Fsp3) is 0. The molecule has 5 heteroatoms. The lowest BCUT2D eigenvalue weighted by molar-refractivity contribution is 0.591. The minimum atomic E-state index is -0.654. The van der Waals surface area contributed by atoms with Gasteiger partial charge in [0.15, 0.2) is 0 Å². The van der Waals surface area contributed by atoms with Crippen molar-refractivity contribution in [2.45, 2.75) is 0 Å². The summed E-state index contributed by atoms with van der Waals surface area (Å²) in [6.45, 7) is 0. The summed E-state index contributed by atoms with van der Waals surface area (Å²) in [6.07, 6.45) is 1.54. The number of nitrogen functional groups attached to an aromatic ring is 1. The first-order chi connectivity index (χ1) is 9.66. The number of nitrogens with zero attached hydrogens (tertiary/aromatic N) is 1. The van der Waals surface area contributed by atoms with Crippen molar-refractivity contribution < 1.29 is 8.78 Å². The molecule has 0 radical (unpaired) electrons. The summed E-state index contributed by atoms with van der Waals surface area (Å²) in [5.41, 5.74) is 7.30. The maximum Gasteiger partial charge on any atom is 0.149 e. The lowest BCUT2D eigenvalue weighted by Crippen LogP contribution is -1.99. The van der Waals surface area contributed by atoms with Crippen molar-refractivity contribution in [1.82, 2.24) is 4.98 Å². The number of pyridine rings is 1. The molecular weight excluding hydrogens is 260 g/mol. The Hall–Kier alpha value is -2.69. The van der Waals surface area contributed by atoms with Gasteiger partial charge in [-0.1, -0.05) is 18.2 Å². The Labute approximate surface area is 114 Å². The minimum absolute atomic E-state index is 0.192. The number of nitrogens with two attached hydrogens (primary N) is 1. The highest BCUT2D eigenvalue weighted by Gasteiger charge is 2.11. The average Bonchev–Trinajstić information content (AvgIpc) is 2.44. The third-order valence-electron chi connectivity index (χ3n) is 3.02. The second kappa shape index (κ2) is 4.77. The van der Waals surface area contributed by atoms with Crippen molar-refractivity contribution in [3.63, 3.8) is 0 Å². The van der Waals surface area contributed by atoms with Crippen LogP contribution in [-0.4, -0.2) is 4.98 Å². The third-order valence-corrected chi connectivity index (χ3v) is 3.02. The van der Waals surface area contributed by atoms with E-state index >= 15 is 0 Å². The summed E-state index contributed by atoms with van der Waals surface area (Å²) in [7, 11) is 0. The lowest BCUT2D eigenvalue weighted by atomic mass is 10.1. The number of anilines is 3. The zero-order valence-electron chi connectivity index (χ0n) is 10.4. The number of hydrogen-bond acceptors (Lipinski definition) is 3. The SMILES string of the molecule is Nc1cccc2c(Nc3c(F)cccc3F)ccnc12. The Morgan fingerprint density at radius 2 is 1.65 bits per heavy atom. The van der Waals surface area contributed by atoms with Gasteiger partial charge in [0.25, 0.3) is 0 Å². The van der Waals surface area contributed by atoms with E-state index in [0.717, 1.165) is 0 Å². The Kier molecular flexibility index (Phi) is 2.95. The van der Waals surface area contributed by atoms with Crippen molar-refractivity contribution in [3.8, 4) is 0 Å². The molecule has 1 aromatic heterocycles. The van der Waals surface area contributed by atoms with E-state index in [9.17, 15) is 8.78 Å². The standard InChI is InChI=1S/C15H11F2N3/c16-10-4-2-5-11(17)15(10)20-13-7-8-19-14-9(13)3-1-6-12(14)18/h1-8H,18H2,(H,19,20). The summed E-state index contributed by atoms with van der Waals surface area (Å²) in [5.74, 6) is -1.31. The maximum atomic E-state index is 13.7. The molecule has 0 saturated heterocycles. The average molecular weight is 271 g/mol. The highest BCUT2D eigenvalue weighted by Crippen LogP contribution is 2.29. The topological polar surface area (TPSA) is 50.9 Å². The van der Waals surface area contributed by atoms with Crippen molar-refractivity contribution in [3.05, 3.63) is 60.3 Å². The first-order valence-corrected chi connectivity index (χ1v) is 6.01. The number of fused-ring (bicyclic) bond motifs is 1. The second-order valence-corrected chi connectivity index (χ2v) is 4.32. The van der Waals surface area contributed by atoms with E-state index in [1.807, 2.05) is 0 Å². The van der Waals surface area contributed by atoms with Gasteiger partial charge in [0.1, 0.15) is 17.3 Å². The highest BCUT2D eigenvalue weighted by molar-refractivity contribution is 5.98. The van der Waals surface area contributed by atoms with E-state index in [0.29, 0.717) is 22.3 Å². The van der Waals surface area contributed by atoms with Crippen molar-refractivity contribution in [2.75, 3.05) is 11.1 Å². The zero-order valence-corrected chi connectivity index (χ0v) is 10.4. The van der Waals surface area contributed by atoms with E-state index in [4.69, 9.17) is 5.73 Å². The van der Waals surface area contributed by atoms with Gasteiger partial charge in [0, 0.05) is 17.3 Å². The predicted molar refractivity (Wildman–Crippen MR) is 75.8 cm³/mol. The van der Waals surface area contributed by atoms with Crippen molar-refractivity contribution in [1.29, 1.82) is 0 Å². The van der Waals surface area contributed by atoms with Crippen molar-refractivity contribution in [2.24, 2.45) is 0 Å². The van der Waals surface area contributed by atoms with Crippen LogP contribution in [0.15, 0.2) is 48.7 Å². The summed E-state index contributed by atoms with van der Waals surface area (Å²) in [6, 6.07) is 10.6. The van der Waals surface area contributed by atoms with Gasteiger partial charge < -0.3 is 11.1 Å². The quantitative estimate of drug-likeness (QED) is 0.696. The minimum Gasteiger partial charge on any atom is -0.397 e. The van der Waals surface area contributed by atoms with Gasteiger partial charge in [-0.3, -0.25) is 4.98 Å². The van der Waals surface area contributed by atoms with Gasteiger partial charge in [0.05, 0.1) is 11.2 Å². The van der Waals surface area contributed by atoms with Gasteiger partial charge >= 0.3 is 0 Å². The normalized spacial score (nSPS) is 10.7. The summed E-state index contributed by atoms with van der Waals surface area (Å²) < 4.78 is 27.3. The third kappa shape index (κ3) is 2.03. The van der Waals surface area contributed by atoms with E-state index in [1.165, 1.54) is 18.2 Å². The van der Waals surface area contributed by atoms with Gasteiger partial charge in [-0.2, -0.15) is 0 Å². The zero-order chi connectivity index (χ0) is 14.1. The van der Waals surface area contributed by atoms with Crippen LogP contribution in [-0.2, 0) is 0 Å². The largest absolute Gasteiger partial charge is 0.397 e. The smallest absolute Gasteiger partial charge is 0.149 e. The first kappa shape index (κ1) is 12.3. The molecule has 0 amide bonds. The molecule has 0 saturated carbocycles. The molecule has 0 atom stereocenters. The molecule has 0 fully saturated rings. The summed E-state index contributed by atoms with van der Waals surface area (Å²) in [5, 5.41) is 3.47. The number of benzene rings is 2. The van der Waals surface area contributed by atoms with E-state index < -0.39 is 11.6 Å². The fourth-order valence-electron chi connectivity index (χ4n) is 2.06. The van der Waals surface area contributed by atoms with Crippen LogP contribution in [0.4, 0.5) is 25.8 Å². The summed E-state index contributed by atoms with van der Waals surface area (Å²) >= 11 is 0. The first-order valence-electron chi connectivity index (χ1n) is 6.01. The van der Waals surface area contributed by atoms with Crippen LogP contribution in [0.2, 0.25) is 0 Å². The Morgan fingerprint density at radius 3 is 2.40 bits per heavy atom. The molecule has 0 bridgehead atoms. The number of halogens is 2. The molecule has 3 nitrogen and oxygen atoms in total. The number of hydrogen-bond donors (Lipinski definition) is 2. The van der Waals surface area contributed by atoms with E-state index in [2.05, 4.69) is 10.3 Å². The number of para-hydroxylation sites is 2. The molecule has 1 heterocycles. The molecule has 20 heavy (non-hydrogen) atoms. The Morgan fingerprint density at radius 1 is 0.950 bits per heavy atom. The molecule has 100 valence electrons. The molecule has 0 unspecified atom stereocenters. The van der Waals surface area contributed by atoms with Crippen LogP contribution in [0.1, 0.15) is 0 Å². The summed E-state index contributed by atoms with van der Waals surface area (Å²) in [4.78, 5) is 4.18. The monoisotopic (exact) mass is 271 g/mol. The van der Waals surface area contributed by atoms with Crippen LogP contribution in [0.3, 0.4) is 0 Å². The van der Waals surface area contributed by atoms with Crippen LogP contribution < -0.4 is 11.1 Å². The maximum absolute atomic E-state index is 13.7. The fourth-order valence-corrected chi connectivity index (χ4v) is 2.06. The van der Waals surface area contributed by atoms with Crippen LogP contribution in [0, 0.1) is 11.6 Å². The molecule has 3 rings (SSSR count). The van der Waals surface area contributed by atoms with Crippen LogP contribution >= 0.6 is 0 Å².